The van der Waals surface area contributed by atoms with Crippen LogP contribution < -0.4 is 10.0 Å². The number of pyridine rings is 1. The van der Waals surface area contributed by atoms with E-state index in [4.69, 9.17) is 22.7 Å². The highest BCUT2D eigenvalue weighted by Crippen LogP contribution is 2.51. The molecule has 15 heteroatoms. The largest absolute Gasteiger partial charge is 0.478 e. The fourth-order valence-corrected chi connectivity index (χ4v) is 8.21. The zero-order valence-corrected chi connectivity index (χ0v) is 33.3. The molecule has 0 spiro atoms. The lowest BCUT2D eigenvalue weighted by Gasteiger charge is -2.19. The summed E-state index contributed by atoms with van der Waals surface area (Å²) in [6, 6.07) is 27.6. The molecule has 0 radical (unpaired) electrons. The summed E-state index contributed by atoms with van der Waals surface area (Å²) in [5, 5.41) is 3.22. The van der Waals surface area contributed by atoms with Gasteiger partial charge in [0.05, 0.1) is 35.8 Å². The quantitative estimate of drug-likeness (QED) is 0.0339. The number of fused-ring (bicyclic) bond motifs is 1. The van der Waals surface area contributed by atoms with Crippen LogP contribution in [0.3, 0.4) is 0 Å². The Kier molecular flexibility index (Phi) is 13.5. The number of aromatic nitrogens is 1. The third-order valence-electron chi connectivity index (χ3n) is 9.32. The molecule has 0 aliphatic heterocycles. The smallest absolute Gasteiger partial charge is 0.438 e. The van der Waals surface area contributed by atoms with Crippen molar-refractivity contribution in [3.8, 4) is 11.3 Å². The SMILES string of the molecule is CNC(=O)c1c(-c2ccc(C)cc2)oc2nc(CS(=O)(=O)NCCCC(C)C(=O)OCOP(=O)(OCc3ccccc3)OCc3ccccc3)c(C3CC3)cc12. The summed E-state index contributed by atoms with van der Waals surface area (Å²) in [6.45, 7) is 2.94. The van der Waals surface area contributed by atoms with Gasteiger partial charge >= 0.3 is 13.8 Å². The molecular formula is C41H46N3O10PS. The van der Waals surface area contributed by atoms with E-state index in [2.05, 4.69) is 15.0 Å². The van der Waals surface area contributed by atoms with Gasteiger partial charge in [-0.05, 0) is 61.3 Å². The zero-order valence-electron chi connectivity index (χ0n) is 31.6. The molecule has 1 fully saturated rings. The van der Waals surface area contributed by atoms with Crippen LogP contribution in [0.25, 0.3) is 22.4 Å². The van der Waals surface area contributed by atoms with Crippen molar-refractivity contribution in [3.63, 3.8) is 0 Å². The molecule has 1 atom stereocenters. The number of aryl methyl sites for hydroxylation is 1. The Morgan fingerprint density at radius 2 is 1.55 bits per heavy atom. The lowest BCUT2D eigenvalue weighted by atomic mass is 10.0. The van der Waals surface area contributed by atoms with Crippen molar-refractivity contribution in [2.75, 3.05) is 20.4 Å². The van der Waals surface area contributed by atoms with Gasteiger partial charge in [-0.25, -0.2) is 27.2 Å². The van der Waals surface area contributed by atoms with Crippen LogP contribution in [0.2, 0.25) is 0 Å². The topological polar surface area (TPSA) is 172 Å². The van der Waals surface area contributed by atoms with E-state index in [-0.39, 0.29) is 43.0 Å². The van der Waals surface area contributed by atoms with E-state index in [1.165, 1.54) is 0 Å². The molecule has 1 saturated carbocycles. The fraction of sp³-hybridized carbons (Fsp3) is 0.341. The number of hydrogen-bond acceptors (Lipinski definition) is 11. The normalized spacial score (nSPS) is 13.8. The van der Waals surface area contributed by atoms with Crippen LogP contribution in [0.4, 0.5) is 0 Å². The van der Waals surface area contributed by atoms with Gasteiger partial charge in [-0.15, -0.1) is 0 Å². The minimum atomic E-state index is -4.14. The number of esters is 1. The van der Waals surface area contributed by atoms with E-state index in [0.717, 1.165) is 35.1 Å². The number of carbonyl (C=O) groups excluding carboxylic acids is 2. The number of nitrogens with one attached hydrogen (secondary N) is 2. The Balaban J connectivity index is 1.02. The summed E-state index contributed by atoms with van der Waals surface area (Å²) in [4.78, 5) is 30.5. The minimum absolute atomic E-state index is 0.0455. The van der Waals surface area contributed by atoms with Crippen molar-refractivity contribution in [1.29, 1.82) is 0 Å². The van der Waals surface area contributed by atoms with Crippen LogP contribution in [0.1, 0.15) is 76.8 Å². The number of ether oxygens (including phenoxy) is 1. The maximum absolute atomic E-state index is 13.4. The molecule has 1 unspecified atom stereocenters. The van der Waals surface area contributed by atoms with Crippen LogP contribution in [-0.4, -0.2) is 45.7 Å². The monoisotopic (exact) mass is 803 g/mol. The fourth-order valence-electron chi connectivity index (χ4n) is 6.04. The number of benzene rings is 3. The number of phosphoric acid groups is 1. The Labute approximate surface area is 326 Å². The first kappa shape index (κ1) is 41.0. The van der Waals surface area contributed by atoms with E-state index >= 15 is 0 Å². The van der Waals surface area contributed by atoms with Gasteiger partial charge in [-0.1, -0.05) is 97.4 Å². The van der Waals surface area contributed by atoms with Crippen LogP contribution in [0.5, 0.6) is 0 Å². The molecule has 2 heterocycles. The van der Waals surface area contributed by atoms with Gasteiger partial charge in [0.1, 0.15) is 11.5 Å². The van der Waals surface area contributed by atoms with Gasteiger partial charge in [0.25, 0.3) is 5.91 Å². The molecule has 2 N–H and O–H groups in total. The molecule has 1 aliphatic rings. The molecule has 6 rings (SSSR count). The minimum Gasteiger partial charge on any atom is -0.438 e. The number of carbonyl (C=O) groups is 2. The molecule has 296 valence electrons. The van der Waals surface area contributed by atoms with Crippen molar-refractivity contribution in [1.82, 2.24) is 15.0 Å². The highest BCUT2D eigenvalue weighted by molar-refractivity contribution is 7.88. The number of furan rings is 1. The van der Waals surface area contributed by atoms with E-state index < -0.39 is 36.5 Å². The van der Waals surface area contributed by atoms with E-state index in [0.29, 0.717) is 40.8 Å². The number of rotatable bonds is 20. The Morgan fingerprint density at radius 1 is 0.929 bits per heavy atom. The van der Waals surface area contributed by atoms with E-state index in [1.807, 2.05) is 73.7 Å². The number of hydrogen-bond donors (Lipinski definition) is 2. The van der Waals surface area contributed by atoms with Gasteiger partial charge < -0.3 is 14.5 Å². The standard InChI is InChI=1S/C41H46N3O10PS/c1-28-16-18-33(19-17-28)38-37(39(45)42-3)35-23-34(32-20-21-32)36(44-40(35)54-38)26-56(48,49)43-22-10-11-29(2)41(46)50-27-53-55(47,51-24-30-12-6-4-7-13-30)52-25-31-14-8-5-9-15-31/h4-9,12-19,23,29,32,43H,10-11,20-22,24-27H2,1-3H3,(H,42,45). The Morgan fingerprint density at radius 3 is 2.14 bits per heavy atom. The van der Waals surface area contributed by atoms with Crippen molar-refractivity contribution in [2.24, 2.45) is 5.92 Å². The number of amides is 1. The van der Waals surface area contributed by atoms with E-state index in [9.17, 15) is 22.6 Å². The molecule has 0 bridgehead atoms. The van der Waals surface area contributed by atoms with Gasteiger partial charge in [0, 0.05) is 19.2 Å². The maximum atomic E-state index is 13.4. The summed E-state index contributed by atoms with van der Waals surface area (Å²) >= 11 is 0. The van der Waals surface area contributed by atoms with Gasteiger partial charge in [0.2, 0.25) is 22.5 Å². The first-order valence-corrected chi connectivity index (χ1v) is 21.6. The molecule has 56 heavy (non-hydrogen) atoms. The van der Waals surface area contributed by atoms with Crippen LogP contribution >= 0.6 is 7.82 Å². The Hall–Kier alpha value is -4.69. The molecule has 2 aromatic heterocycles. The Bertz CT molecular complexity index is 2230. The third kappa shape index (κ3) is 11.0. The average molecular weight is 804 g/mol. The molecular weight excluding hydrogens is 758 g/mol. The molecule has 0 saturated heterocycles. The highest BCUT2D eigenvalue weighted by atomic mass is 32.2. The number of nitrogens with zero attached hydrogens (tertiary/aromatic N) is 1. The molecule has 3 aromatic carbocycles. The van der Waals surface area contributed by atoms with Crippen LogP contribution in [0.15, 0.2) is 95.4 Å². The van der Waals surface area contributed by atoms with Crippen molar-refractivity contribution in [2.45, 2.75) is 64.4 Å². The predicted octanol–water partition coefficient (Wildman–Crippen LogP) is 7.93. The summed E-state index contributed by atoms with van der Waals surface area (Å²) in [6.07, 6.45) is 2.43. The summed E-state index contributed by atoms with van der Waals surface area (Å²) in [5.74, 6) is -1.42. The number of sulfonamides is 1. The van der Waals surface area contributed by atoms with Gasteiger partial charge in [-0.3, -0.25) is 18.6 Å². The predicted molar refractivity (Wildman–Crippen MR) is 211 cm³/mol. The third-order valence-corrected chi connectivity index (χ3v) is 11.9. The lowest BCUT2D eigenvalue weighted by Crippen LogP contribution is -2.27. The molecule has 1 amide bonds. The van der Waals surface area contributed by atoms with Gasteiger partial charge in [-0.2, -0.15) is 0 Å². The van der Waals surface area contributed by atoms with Crippen molar-refractivity contribution >= 4 is 40.8 Å². The summed E-state index contributed by atoms with van der Waals surface area (Å²) < 4.78 is 70.6. The second-order valence-corrected chi connectivity index (χ2v) is 17.3. The molecule has 1 aliphatic carbocycles. The first-order valence-electron chi connectivity index (χ1n) is 18.4. The van der Waals surface area contributed by atoms with Crippen LogP contribution in [-0.2, 0) is 56.7 Å². The zero-order chi connectivity index (χ0) is 39.7. The second-order valence-electron chi connectivity index (χ2n) is 13.8. The summed E-state index contributed by atoms with van der Waals surface area (Å²) in [5.41, 5.74) is 4.96. The average Bonchev–Trinajstić information content (AvgIpc) is 3.98. The second kappa shape index (κ2) is 18.5. The van der Waals surface area contributed by atoms with Crippen LogP contribution in [0, 0.1) is 12.8 Å². The summed E-state index contributed by atoms with van der Waals surface area (Å²) in [7, 11) is -6.43. The molecule has 13 nitrogen and oxygen atoms in total. The molecule has 5 aromatic rings. The highest BCUT2D eigenvalue weighted by Gasteiger charge is 2.32. The van der Waals surface area contributed by atoms with Crippen molar-refractivity contribution in [3.05, 3.63) is 125 Å². The first-order chi connectivity index (χ1) is 26.9. The van der Waals surface area contributed by atoms with Gasteiger partial charge in [0.15, 0.2) is 0 Å². The maximum Gasteiger partial charge on any atom is 0.478 e. The van der Waals surface area contributed by atoms with Crippen molar-refractivity contribution < 1.29 is 45.3 Å². The van der Waals surface area contributed by atoms with E-state index in [1.54, 1.807) is 38.2 Å². The number of phosphoric ester groups is 1. The lowest BCUT2D eigenvalue weighted by molar-refractivity contribution is -0.156.